The second kappa shape index (κ2) is 6.93. The Balaban J connectivity index is 1.67. The van der Waals surface area contributed by atoms with Crippen LogP contribution in [0.5, 0.6) is 5.75 Å². The van der Waals surface area contributed by atoms with Crippen LogP contribution in [0, 0.1) is 5.92 Å². The van der Waals surface area contributed by atoms with Crippen LogP contribution in [0.2, 0.25) is 0 Å². The molecule has 0 amide bonds. The van der Waals surface area contributed by atoms with Gasteiger partial charge in [0.2, 0.25) is 0 Å². The molecule has 0 unspecified atom stereocenters. The van der Waals surface area contributed by atoms with Gasteiger partial charge in [0, 0.05) is 23.3 Å². The Morgan fingerprint density at radius 3 is 2.83 bits per heavy atom. The highest BCUT2D eigenvalue weighted by Crippen LogP contribution is 2.34. The zero-order chi connectivity index (χ0) is 16.3. The lowest BCUT2D eigenvalue weighted by Crippen LogP contribution is -2.38. The van der Waals surface area contributed by atoms with E-state index in [9.17, 15) is 13.2 Å². The molecule has 0 radical (unpaired) electrons. The number of rotatable bonds is 4. The van der Waals surface area contributed by atoms with Crippen LogP contribution in [0.4, 0.5) is 13.2 Å². The highest BCUT2D eigenvalue weighted by Gasteiger charge is 2.31. The topological polar surface area (TPSA) is 21.3 Å². The van der Waals surface area contributed by atoms with Gasteiger partial charge in [0.1, 0.15) is 5.75 Å². The van der Waals surface area contributed by atoms with E-state index in [2.05, 4.69) is 16.8 Å². The molecule has 2 heterocycles. The second-order valence-electron chi connectivity index (χ2n) is 5.71. The number of thiophene rings is 1. The molecule has 2 atom stereocenters. The lowest BCUT2D eigenvalue weighted by Gasteiger charge is -2.31. The van der Waals surface area contributed by atoms with Gasteiger partial charge in [-0.2, -0.15) is 13.2 Å². The van der Waals surface area contributed by atoms with Crippen LogP contribution in [0.3, 0.4) is 0 Å². The summed E-state index contributed by atoms with van der Waals surface area (Å²) in [5.41, 5.74) is -0.674. The van der Waals surface area contributed by atoms with E-state index < -0.39 is 11.7 Å². The smallest absolute Gasteiger partial charge is 0.416 e. The normalized spacial score (nSPS) is 22.0. The minimum atomic E-state index is -4.34. The Hall–Kier alpha value is -1.53. The Morgan fingerprint density at radius 1 is 1.22 bits per heavy atom. The van der Waals surface area contributed by atoms with Crippen molar-refractivity contribution in [2.24, 2.45) is 5.92 Å². The summed E-state index contributed by atoms with van der Waals surface area (Å²) in [6.45, 7) is 2.20. The summed E-state index contributed by atoms with van der Waals surface area (Å²) in [5.74, 6) is 0.939. The first-order valence-corrected chi connectivity index (χ1v) is 8.46. The van der Waals surface area contributed by atoms with Crippen LogP contribution in [0.1, 0.15) is 22.8 Å². The van der Waals surface area contributed by atoms with Gasteiger partial charge in [0.25, 0.3) is 0 Å². The maximum Gasteiger partial charge on any atom is 0.416 e. The van der Waals surface area contributed by atoms with Crippen molar-refractivity contribution in [3.8, 4) is 5.75 Å². The van der Waals surface area contributed by atoms with E-state index in [-0.39, 0.29) is 11.7 Å². The minimum absolute atomic E-state index is 0.261. The van der Waals surface area contributed by atoms with Gasteiger partial charge in [-0.05, 0) is 42.6 Å². The van der Waals surface area contributed by atoms with Crippen molar-refractivity contribution in [1.29, 1.82) is 0 Å². The first-order valence-electron chi connectivity index (χ1n) is 7.58. The first kappa shape index (κ1) is 16.3. The molecule has 0 bridgehead atoms. The molecule has 1 aromatic carbocycles. The van der Waals surface area contributed by atoms with Crippen molar-refractivity contribution in [3.63, 3.8) is 0 Å². The van der Waals surface area contributed by atoms with Crippen molar-refractivity contribution in [3.05, 3.63) is 52.2 Å². The van der Waals surface area contributed by atoms with E-state index in [4.69, 9.17) is 4.74 Å². The molecular weight excluding hydrogens is 323 g/mol. The standard InChI is InChI=1S/C17H18F3NOS/c18-17(19,20)13-3-1-4-14(9-13)22-11-12-10-21-7-6-15(12)16-5-2-8-23-16/h1-5,8-9,12,15,21H,6-7,10-11H2/t12-,15+/m0/s1. The number of benzene rings is 1. The molecule has 0 aliphatic carbocycles. The van der Waals surface area contributed by atoms with Gasteiger partial charge in [-0.3, -0.25) is 0 Å². The molecule has 1 aliphatic heterocycles. The van der Waals surface area contributed by atoms with Gasteiger partial charge in [0.15, 0.2) is 0 Å². The second-order valence-corrected chi connectivity index (χ2v) is 6.69. The van der Waals surface area contributed by atoms with Crippen LogP contribution in [-0.2, 0) is 6.18 Å². The quantitative estimate of drug-likeness (QED) is 0.882. The molecule has 1 aromatic heterocycles. The van der Waals surface area contributed by atoms with Crippen molar-refractivity contribution in [2.45, 2.75) is 18.5 Å². The molecule has 3 rings (SSSR count). The minimum Gasteiger partial charge on any atom is -0.493 e. The van der Waals surface area contributed by atoms with Crippen LogP contribution in [0.25, 0.3) is 0 Å². The van der Waals surface area contributed by atoms with Gasteiger partial charge >= 0.3 is 6.18 Å². The number of halogens is 3. The SMILES string of the molecule is FC(F)(F)c1cccc(OC[C@@H]2CNCC[C@H]2c2cccs2)c1. The van der Waals surface area contributed by atoms with Crippen LogP contribution in [-0.4, -0.2) is 19.7 Å². The van der Waals surface area contributed by atoms with Crippen molar-refractivity contribution >= 4 is 11.3 Å². The first-order chi connectivity index (χ1) is 11.0. The fourth-order valence-corrected chi connectivity index (χ4v) is 3.90. The number of hydrogen-bond acceptors (Lipinski definition) is 3. The van der Waals surface area contributed by atoms with Crippen molar-refractivity contribution in [2.75, 3.05) is 19.7 Å². The molecule has 23 heavy (non-hydrogen) atoms. The van der Waals surface area contributed by atoms with Crippen LogP contribution < -0.4 is 10.1 Å². The van der Waals surface area contributed by atoms with Gasteiger partial charge in [-0.1, -0.05) is 12.1 Å². The molecule has 2 aromatic rings. The summed E-state index contributed by atoms with van der Waals surface area (Å²) in [6, 6.07) is 9.24. The Labute approximate surface area is 137 Å². The molecule has 6 heteroatoms. The zero-order valence-corrected chi connectivity index (χ0v) is 13.3. The van der Waals surface area contributed by atoms with E-state index in [0.717, 1.165) is 31.6 Å². The summed E-state index contributed by atoms with van der Waals surface area (Å²) in [5, 5.41) is 5.40. The highest BCUT2D eigenvalue weighted by molar-refractivity contribution is 7.10. The fraction of sp³-hybridized carbons (Fsp3) is 0.412. The summed E-state index contributed by atoms with van der Waals surface area (Å²) in [4.78, 5) is 1.32. The lowest BCUT2D eigenvalue weighted by molar-refractivity contribution is -0.137. The summed E-state index contributed by atoms with van der Waals surface area (Å²) in [7, 11) is 0. The van der Waals surface area contributed by atoms with Crippen LogP contribution in [0.15, 0.2) is 41.8 Å². The van der Waals surface area contributed by atoms with E-state index in [1.807, 2.05) is 6.07 Å². The third-order valence-corrected chi connectivity index (χ3v) is 5.15. The number of alkyl halides is 3. The third-order valence-electron chi connectivity index (χ3n) is 4.14. The molecule has 0 saturated carbocycles. The maximum absolute atomic E-state index is 12.7. The molecule has 124 valence electrons. The fourth-order valence-electron chi connectivity index (χ4n) is 2.94. The average molecular weight is 341 g/mol. The molecule has 1 saturated heterocycles. The van der Waals surface area contributed by atoms with Crippen molar-refractivity contribution < 1.29 is 17.9 Å². The van der Waals surface area contributed by atoms with Gasteiger partial charge in [0.05, 0.1) is 12.2 Å². The van der Waals surface area contributed by atoms with Gasteiger partial charge in [-0.15, -0.1) is 11.3 Å². The maximum atomic E-state index is 12.7. The Morgan fingerprint density at radius 2 is 2.09 bits per heavy atom. The lowest BCUT2D eigenvalue weighted by atomic mass is 9.86. The number of piperidine rings is 1. The summed E-state index contributed by atoms with van der Waals surface area (Å²) >= 11 is 1.73. The Kier molecular flexibility index (Phi) is 4.92. The summed E-state index contributed by atoms with van der Waals surface area (Å²) in [6.07, 6.45) is -3.32. The van der Waals surface area contributed by atoms with E-state index in [0.29, 0.717) is 12.5 Å². The predicted octanol–water partition coefficient (Wildman–Crippen LogP) is 4.54. The average Bonchev–Trinajstić information content (AvgIpc) is 3.07. The van der Waals surface area contributed by atoms with Crippen molar-refractivity contribution in [1.82, 2.24) is 5.32 Å². The molecule has 1 aliphatic rings. The van der Waals surface area contributed by atoms with Gasteiger partial charge < -0.3 is 10.1 Å². The summed E-state index contributed by atoms with van der Waals surface area (Å²) < 4.78 is 43.9. The van der Waals surface area contributed by atoms with Crippen LogP contribution >= 0.6 is 11.3 Å². The Bertz CT molecular complexity index is 627. The third kappa shape index (κ3) is 4.06. The van der Waals surface area contributed by atoms with Gasteiger partial charge in [-0.25, -0.2) is 0 Å². The van der Waals surface area contributed by atoms with E-state index in [1.54, 1.807) is 17.4 Å². The largest absolute Gasteiger partial charge is 0.493 e. The molecular formula is C17H18F3NOS. The number of ether oxygens (including phenoxy) is 1. The van der Waals surface area contributed by atoms with E-state index >= 15 is 0 Å². The zero-order valence-electron chi connectivity index (χ0n) is 12.5. The number of nitrogens with one attached hydrogen (secondary N) is 1. The molecule has 1 N–H and O–H groups in total. The predicted molar refractivity (Wildman–Crippen MR) is 85.0 cm³/mol. The molecule has 0 spiro atoms. The molecule has 2 nitrogen and oxygen atoms in total. The highest BCUT2D eigenvalue weighted by atomic mass is 32.1. The monoisotopic (exact) mass is 341 g/mol. The van der Waals surface area contributed by atoms with E-state index in [1.165, 1.54) is 10.9 Å². The molecule has 1 fully saturated rings. The number of hydrogen-bond donors (Lipinski definition) is 1.